The summed E-state index contributed by atoms with van der Waals surface area (Å²) in [6.45, 7) is 3.90. The molecule has 1 aromatic carbocycles. The zero-order valence-electron chi connectivity index (χ0n) is 10.1. The molecule has 2 aromatic rings. The first-order valence-corrected chi connectivity index (χ1v) is 7.01. The maximum Gasteiger partial charge on any atom is 0.265 e. The number of nitrogens with two attached hydrogens (primary N) is 1. The summed E-state index contributed by atoms with van der Waals surface area (Å²) < 4.78 is 0.983. The molecule has 0 bridgehead atoms. The van der Waals surface area contributed by atoms with E-state index in [1.165, 1.54) is 11.3 Å². The van der Waals surface area contributed by atoms with Crippen LogP contribution in [0.1, 0.15) is 20.8 Å². The van der Waals surface area contributed by atoms with Crippen LogP contribution in [-0.4, -0.2) is 5.91 Å². The van der Waals surface area contributed by atoms with Crippen LogP contribution in [0.3, 0.4) is 0 Å². The van der Waals surface area contributed by atoms with Gasteiger partial charge in [-0.15, -0.1) is 11.3 Å². The number of benzene rings is 1. The van der Waals surface area contributed by atoms with E-state index >= 15 is 0 Å². The van der Waals surface area contributed by atoms with Gasteiger partial charge in [-0.1, -0.05) is 6.07 Å². The number of nitrogen functional groups attached to an aromatic ring is 1. The molecule has 1 aromatic heterocycles. The third-order valence-corrected chi connectivity index (χ3v) is 4.73. The van der Waals surface area contributed by atoms with Crippen molar-refractivity contribution in [2.24, 2.45) is 0 Å². The molecule has 0 saturated carbocycles. The number of rotatable bonds is 2. The number of carbonyl (C=O) groups excluding carboxylic acids is 1. The highest BCUT2D eigenvalue weighted by Crippen LogP contribution is 2.28. The molecule has 1 amide bonds. The van der Waals surface area contributed by atoms with Crippen LogP contribution in [0.15, 0.2) is 28.1 Å². The van der Waals surface area contributed by atoms with Crippen LogP contribution in [0, 0.1) is 13.8 Å². The van der Waals surface area contributed by atoms with Gasteiger partial charge in [0, 0.05) is 11.4 Å². The molecule has 0 aliphatic heterocycles. The monoisotopic (exact) mass is 324 g/mol. The normalized spacial score (nSPS) is 10.4. The van der Waals surface area contributed by atoms with Gasteiger partial charge in [-0.05, 0) is 59.1 Å². The Labute approximate surface area is 118 Å². The summed E-state index contributed by atoms with van der Waals surface area (Å²) in [6, 6.07) is 7.34. The average Bonchev–Trinajstić information content (AvgIpc) is 2.64. The number of carbonyl (C=O) groups is 1. The van der Waals surface area contributed by atoms with E-state index in [9.17, 15) is 4.79 Å². The number of hydrogen-bond acceptors (Lipinski definition) is 3. The number of anilines is 2. The minimum atomic E-state index is -0.109. The Morgan fingerprint density at radius 3 is 2.61 bits per heavy atom. The van der Waals surface area contributed by atoms with Crippen molar-refractivity contribution < 1.29 is 4.79 Å². The van der Waals surface area contributed by atoms with Crippen molar-refractivity contribution in [1.82, 2.24) is 0 Å². The molecule has 0 aliphatic rings. The largest absolute Gasteiger partial charge is 0.399 e. The number of hydrogen-bond donors (Lipinski definition) is 2. The molecule has 0 spiro atoms. The van der Waals surface area contributed by atoms with Crippen molar-refractivity contribution >= 4 is 44.5 Å². The summed E-state index contributed by atoms with van der Waals surface area (Å²) in [6.07, 6.45) is 0. The Morgan fingerprint density at radius 1 is 1.28 bits per heavy atom. The van der Waals surface area contributed by atoms with E-state index in [0.717, 1.165) is 20.6 Å². The highest BCUT2D eigenvalue weighted by Gasteiger charge is 2.12. The summed E-state index contributed by atoms with van der Waals surface area (Å²) in [4.78, 5) is 12.8. The maximum atomic E-state index is 12.1. The molecule has 18 heavy (non-hydrogen) atoms. The van der Waals surface area contributed by atoms with Gasteiger partial charge in [-0.3, -0.25) is 4.79 Å². The topological polar surface area (TPSA) is 55.1 Å². The molecular formula is C13H13BrN2OS. The lowest BCUT2D eigenvalue weighted by atomic mass is 10.2. The molecule has 2 rings (SSSR count). The summed E-state index contributed by atoms with van der Waals surface area (Å²) in [5.41, 5.74) is 9.16. The highest BCUT2D eigenvalue weighted by molar-refractivity contribution is 9.11. The van der Waals surface area contributed by atoms with Gasteiger partial charge in [0.05, 0.1) is 8.66 Å². The van der Waals surface area contributed by atoms with Gasteiger partial charge in [0.1, 0.15) is 0 Å². The fraction of sp³-hybridized carbons (Fsp3) is 0.154. The lowest BCUT2D eigenvalue weighted by Crippen LogP contribution is -2.11. The van der Waals surface area contributed by atoms with Crippen LogP contribution >= 0.6 is 27.3 Å². The van der Waals surface area contributed by atoms with Gasteiger partial charge >= 0.3 is 0 Å². The summed E-state index contributed by atoms with van der Waals surface area (Å²) in [7, 11) is 0. The zero-order chi connectivity index (χ0) is 13.3. The third kappa shape index (κ3) is 2.73. The van der Waals surface area contributed by atoms with Crippen LogP contribution in [-0.2, 0) is 0 Å². The number of halogens is 1. The highest BCUT2D eigenvalue weighted by atomic mass is 79.9. The lowest BCUT2D eigenvalue weighted by Gasteiger charge is -2.08. The van der Waals surface area contributed by atoms with E-state index in [1.807, 2.05) is 32.0 Å². The fourth-order valence-electron chi connectivity index (χ4n) is 1.53. The Morgan fingerprint density at radius 2 is 2.00 bits per heavy atom. The van der Waals surface area contributed by atoms with Crippen LogP contribution in [0.25, 0.3) is 0 Å². The van der Waals surface area contributed by atoms with Crippen molar-refractivity contribution in [3.8, 4) is 0 Å². The Kier molecular flexibility index (Phi) is 3.73. The second-order valence-corrected chi connectivity index (χ2v) is 6.47. The molecule has 0 unspecified atom stereocenters. The predicted molar refractivity (Wildman–Crippen MR) is 80.3 cm³/mol. The molecular weight excluding hydrogens is 312 g/mol. The first-order valence-electron chi connectivity index (χ1n) is 5.41. The van der Waals surface area contributed by atoms with E-state index < -0.39 is 0 Å². The third-order valence-electron chi connectivity index (χ3n) is 2.59. The van der Waals surface area contributed by atoms with Gasteiger partial charge in [-0.2, -0.15) is 0 Å². The molecule has 94 valence electrons. The minimum absolute atomic E-state index is 0.109. The maximum absolute atomic E-state index is 12.1. The van der Waals surface area contributed by atoms with Gasteiger partial charge in [-0.25, -0.2) is 0 Å². The summed E-state index contributed by atoms with van der Waals surface area (Å²) >= 11 is 4.84. The Balaban J connectivity index is 2.23. The first kappa shape index (κ1) is 13.1. The quantitative estimate of drug-likeness (QED) is 0.821. The van der Waals surface area contributed by atoms with Crippen molar-refractivity contribution in [2.45, 2.75) is 13.8 Å². The van der Waals surface area contributed by atoms with Crippen LogP contribution in [0.4, 0.5) is 11.4 Å². The van der Waals surface area contributed by atoms with Gasteiger partial charge in [0.25, 0.3) is 5.91 Å². The van der Waals surface area contributed by atoms with Crippen LogP contribution in [0.5, 0.6) is 0 Å². The molecule has 0 fully saturated rings. The van der Waals surface area contributed by atoms with Crippen molar-refractivity contribution in [1.29, 1.82) is 0 Å². The van der Waals surface area contributed by atoms with E-state index in [-0.39, 0.29) is 5.91 Å². The molecule has 3 nitrogen and oxygen atoms in total. The second kappa shape index (κ2) is 5.12. The number of amides is 1. The number of nitrogens with one attached hydrogen (secondary N) is 1. The first-order chi connectivity index (χ1) is 8.47. The SMILES string of the molecule is Cc1ccc(N)cc1NC(=O)c1cc(C)c(Br)s1. The minimum Gasteiger partial charge on any atom is -0.399 e. The van der Waals surface area contributed by atoms with Gasteiger partial charge in [0.2, 0.25) is 0 Å². The second-order valence-electron chi connectivity index (χ2n) is 4.10. The van der Waals surface area contributed by atoms with E-state index in [1.54, 1.807) is 6.07 Å². The predicted octanol–water partition coefficient (Wildman–Crippen LogP) is 3.96. The Hall–Kier alpha value is -1.33. The van der Waals surface area contributed by atoms with Gasteiger partial charge < -0.3 is 11.1 Å². The molecule has 5 heteroatoms. The van der Waals surface area contributed by atoms with Crippen LogP contribution in [0.2, 0.25) is 0 Å². The fourth-order valence-corrected chi connectivity index (χ4v) is 2.96. The van der Waals surface area contributed by atoms with E-state index in [4.69, 9.17) is 5.73 Å². The summed E-state index contributed by atoms with van der Waals surface area (Å²) in [5, 5.41) is 2.88. The van der Waals surface area contributed by atoms with Crippen molar-refractivity contribution in [3.05, 3.63) is 44.1 Å². The van der Waals surface area contributed by atoms with E-state index in [0.29, 0.717) is 10.6 Å². The molecule has 0 aliphatic carbocycles. The molecule has 0 radical (unpaired) electrons. The number of thiophene rings is 1. The smallest absolute Gasteiger partial charge is 0.265 e. The molecule has 0 atom stereocenters. The van der Waals surface area contributed by atoms with Crippen molar-refractivity contribution in [3.63, 3.8) is 0 Å². The van der Waals surface area contributed by atoms with Gasteiger partial charge in [0.15, 0.2) is 0 Å². The zero-order valence-corrected chi connectivity index (χ0v) is 12.5. The summed E-state index contributed by atoms with van der Waals surface area (Å²) in [5.74, 6) is -0.109. The number of aryl methyl sites for hydroxylation is 2. The lowest BCUT2D eigenvalue weighted by molar-refractivity contribution is 0.103. The molecule has 3 N–H and O–H groups in total. The Bertz CT molecular complexity index is 588. The van der Waals surface area contributed by atoms with Crippen LogP contribution < -0.4 is 11.1 Å². The average molecular weight is 325 g/mol. The standard InChI is InChI=1S/C13H13BrN2OS/c1-7-3-4-9(15)6-10(7)16-13(17)11-5-8(2)12(14)18-11/h3-6H,15H2,1-2H3,(H,16,17). The molecule has 0 saturated heterocycles. The van der Waals surface area contributed by atoms with Crippen molar-refractivity contribution in [2.75, 3.05) is 11.1 Å². The molecule has 1 heterocycles. The van der Waals surface area contributed by atoms with E-state index in [2.05, 4.69) is 21.2 Å².